The first kappa shape index (κ1) is 11.0. The molecule has 86 valence electrons. The molecule has 0 fully saturated rings. The van der Waals surface area contributed by atoms with Crippen LogP contribution < -0.4 is 5.32 Å². The number of nitrogens with one attached hydrogen (secondary N) is 2. The van der Waals surface area contributed by atoms with Gasteiger partial charge in [-0.1, -0.05) is 6.92 Å². The lowest BCUT2D eigenvalue weighted by molar-refractivity contribution is 0.404. The Morgan fingerprint density at radius 1 is 1.50 bits per heavy atom. The van der Waals surface area contributed by atoms with Gasteiger partial charge in [-0.25, -0.2) is 4.98 Å². The highest BCUT2D eigenvalue weighted by Gasteiger charge is 2.15. The van der Waals surface area contributed by atoms with Gasteiger partial charge in [-0.05, 0) is 19.2 Å². The van der Waals surface area contributed by atoms with Crippen LogP contribution in [-0.4, -0.2) is 17.0 Å². The fourth-order valence-electron chi connectivity index (χ4n) is 1.72. The number of furan rings is 1. The summed E-state index contributed by atoms with van der Waals surface area (Å²) in [5.74, 6) is 2.96. The lowest BCUT2D eigenvalue weighted by Gasteiger charge is -2.11. The largest absolute Gasteiger partial charge is 0.464 e. The molecule has 1 unspecified atom stereocenters. The Kier molecular flexibility index (Phi) is 3.41. The number of likely N-dealkylation sites (N-methyl/N-ethyl adjacent to an activating group) is 1. The van der Waals surface area contributed by atoms with E-state index in [9.17, 15) is 0 Å². The molecule has 1 atom stereocenters. The normalized spacial score (nSPS) is 12.9. The molecule has 0 amide bonds. The van der Waals surface area contributed by atoms with Gasteiger partial charge in [0.1, 0.15) is 17.3 Å². The van der Waals surface area contributed by atoms with Gasteiger partial charge in [0.05, 0.1) is 6.04 Å². The van der Waals surface area contributed by atoms with Crippen molar-refractivity contribution in [3.05, 3.63) is 41.9 Å². The van der Waals surface area contributed by atoms with E-state index in [2.05, 4.69) is 22.2 Å². The summed E-state index contributed by atoms with van der Waals surface area (Å²) in [5, 5.41) is 3.24. The molecule has 4 heteroatoms. The Balaban J connectivity index is 2.10. The molecular weight excluding hydrogens is 202 g/mol. The maximum absolute atomic E-state index is 5.73. The lowest BCUT2D eigenvalue weighted by Crippen LogP contribution is -2.18. The second-order valence-electron chi connectivity index (χ2n) is 3.74. The van der Waals surface area contributed by atoms with Crippen LogP contribution in [0.1, 0.15) is 30.3 Å². The standard InChI is InChI=1S/C12H17N3O/c1-3-9-4-5-11(16-9)10(13-2)8-12-14-6-7-15-12/h4-7,10,13H,3,8H2,1-2H3,(H,14,15). The first-order chi connectivity index (χ1) is 7.83. The van der Waals surface area contributed by atoms with Crippen LogP contribution in [0.3, 0.4) is 0 Å². The number of aromatic nitrogens is 2. The second kappa shape index (κ2) is 4.99. The second-order valence-corrected chi connectivity index (χ2v) is 3.74. The van der Waals surface area contributed by atoms with Gasteiger partial charge in [0.2, 0.25) is 0 Å². The van der Waals surface area contributed by atoms with E-state index < -0.39 is 0 Å². The molecular formula is C12H17N3O. The lowest BCUT2D eigenvalue weighted by atomic mass is 10.1. The zero-order valence-corrected chi connectivity index (χ0v) is 9.66. The van der Waals surface area contributed by atoms with Crippen LogP contribution in [0.4, 0.5) is 0 Å². The number of aryl methyl sites for hydroxylation is 1. The fraction of sp³-hybridized carbons (Fsp3) is 0.417. The van der Waals surface area contributed by atoms with Gasteiger partial charge in [-0.3, -0.25) is 0 Å². The van der Waals surface area contributed by atoms with Gasteiger partial charge in [0.25, 0.3) is 0 Å². The molecule has 0 aliphatic carbocycles. The van der Waals surface area contributed by atoms with Crippen molar-refractivity contribution in [1.82, 2.24) is 15.3 Å². The average molecular weight is 219 g/mol. The van der Waals surface area contributed by atoms with Crippen LogP contribution in [-0.2, 0) is 12.8 Å². The predicted octanol–water partition coefficient (Wildman–Crippen LogP) is 2.07. The van der Waals surface area contributed by atoms with Crippen LogP contribution in [0.5, 0.6) is 0 Å². The Morgan fingerprint density at radius 2 is 2.38 bits per heavy atom. The van der Waals surface area contributed by atoms with E-state index in [-0.39, 0.29) is 6.04 Å². The first-order valence-corrected chi connectivity index (χ1v) is 5.57. The summed E-state index contributed by atoms with van der Waals surface area (Å²) in [6.45, 7) is 2.09. The minimum absolute atomic E-state index is 0.173. The topological polar surface area (TPSA) is 53.9 Å². The minimum Gasteiger partial charge on any atom is -0.464 e. The Labute approximate surface area is 95.1 Å². The zero-order valence-electron chi connectivity index (χ0n) is 9.66. The summed E-state index contributed by atoms with van der Waals surface area (Å²) >= 11 is 0. The van der Waals surface area contributed by atoms with Crippen molar-refractivity contribution in [2.24, 2.45) is 0 Å². The Hall–Kier alpha value is -1.55. The van der Waals surface area contributed by atoms with Crippen LogP contribution in [0.25, 0.3) is 0 Å². The smallest absolute Gasteiger partial charge is 0.121 e. The van der Waals surface area contributed by atoms with Crippen molar-refractivity contribution in [3.63, 3.8) is 0 Å². The molecule has 0 saturated heterocycles. The molecule has 0 bridgehead atoms. The van der Waals surface area contributed by atoms with E-state index in [4.69, 9.17) is 4.42 Å². The van der Waals surface area contributed by atoms with Crippen molar-refractivity contribution >= 4 is 0 Å². The summed E-state index contributed by atoms with van der Waals surface area (Å²) < 4.78 is 5.73. The number of nitrogens with zero attached hydrogens (tertiary/aromatic N) is 1. The van der Waals surface area contributed by atoms with Crippen LogP contribution in [0.2, 0.25) is 0 Å². The van der Waals surface area contributed by atoms with Crippen molar-refractivity contribution in [2.45, 2.75) is 25.8 Å². The Morgan fingerprint density at radius 3 is 2.94 bits per heavy atom. The zero-order chi connectivity index (χ0) is 11.4. The third-order valence-corrected chi connectivity index (χ3v) is 2.68. The summed E-state index contributed by atoms with van der Waals surface area (Å²) in [4.78, 5) is 7.32. The number of rotatable bonds is 5. The fourth-order valence-corrected chi connectivity index (χ4v) is 1.72. The van der Waals surface area contributed by atoms with E-state index in [1.165, 1.54) is 0 Å². The van der Waals surface area contributed by atoms with Gasteiger partial charge < -0.3 is 14.7 Å². The number of hydrogen-bond donors (Lipinski definition) is 2. The predicted molar refractivity (Wildman–Crippen MR) is 62.2 cm³/mol. The van der Waals surface area contributed by atoms with Crippen molar-refractivity contribution in [1.29, 1.82) is 0 Å². The van der Waals surface area contributed by atoms with Gasteiger partial charge in [0.15, 0.2) is 0 Å². The molecule has 0 aromatic carbocycles. The van der Waals surface area contributed by atoms with E-state index in [1.54, 1.807) is 6.20 Å². The number of imidazole rings is 1. The van der Waals surface area contributed by atoms with Crippen LogP contribution in [0, 0.1) is 0 Å². The molecule has 0 spiro atoms. The quantitative estimate of drug-likeness (QED) is 0.809. The highest BCUT2D eigenvalue weighted by atomic mass is 16.3. The maximum Gasteiger partial charge on any atom is 0.121 e. The van der Waals surface area contributed by atoms with Crippen molar-refractivity contribution < 1.29 is 4.42 Å². The van der Waals surface area contributed by atoms with Crippen molar-refractivity contribution in [3.8, 4) is 0 Å². The molecule has 2 N–H and O–H groups in total. The molecule has 2 rings (SSSR count). The van der Waals surface area contributed by atoms with Crippen molar-refractivity contribution in [2.75, 3.05) is 7.05 Å². The summed E-state index contributed by atoms with van der Waals surface area (Å²) in [6, 6.07) is 4.23. The summed E-state index contributed by atoms with van der Waals surface area (Å²) in [5.41, 5.74) is 0. The molecule has 0 aliphatic heterocycles. The van der Waals surface area contributed by atoms with E-state index in [1.807, 2.05) is 25.4 Å². The molecule has 2 aromatic rings. The van der Waals surface area contributed by atoms with Crippen LogP contribution in [0.15, 0.2) is 28.9 Å². The summed E-state index contributed by atoms with van der Waals surface area (Å²) in [6.07, 6.45) is 5.33. The molecule has 0 saturated carbocycles. The summed E-state index contributed by atoms with van der Waals surface area (Å²) in [7, 11) is 1.93. The Bertz CT molecular complexity index is 419. The van der Waals surface area contributed by atoms with Gasteiger partial charge in [0, 0.05) is 25.2 Å². The van der Waals surface area contributed by atoms with Gasteiger partial charge in [-0.2, -0.15) is 0 Å². The third kappa shape index (κ3) is 2.33. The number of hydrogen-bond acceptors (Lipinski definition) is 3. The van der Waals surface area contributed by atoms with E-state index in [0.29, 0.717) is 0 Å². The highest BCUT2D eigenvalue weighted by Crippen LogP contribution is 2.19. The SMILES string of the molecule is CCc1ccc(C(Cc2ncc[nH]2)NC)o1. The maximum atomic E-state index is 5.73. The first-order valence-electron chi connectivity index (χ1n) is 5.57. The molecule has 4 nitrogen and oxygen atoms in total. The number of H-pyrrole nitrogens is 1. The van der Waals surface area contributed by atoms with Crippen LogP contribution >= 0.6 is 0 Å². The highest BCUT2D eigenvalue weighted by molar-refractivity contribution is 5.12. The third-order valence-electron chi connectivity index (χ3n) is 2.68. The number of aromatic amines is 1. The van der Waals surface area contributed by atoms with Gasteiger partial charge in [-0.15, -0.1) is 0 Å². The molecule has 0 aliphatic rings. The monoisotopic (exact) mass is 219 g/mol. The van der Waals surface area contributed by atoms with Gasteiger partial charge >= 0.3 is 0 Å². The minimum atomic E-state index is 0.173. The van der Waals surface area contributed by atoms with E-state index in [0.717, 1.165) is 30.2 Å². The molecule has 16 heavy (non-hydrogen) atoms. The molecule has 2 heterocycles. The molecule has 2 aromatic heterocycles. The molecule has 0 radical (unpaired) electrons. The van der Waals surface area contributed by atoms with E-state index >= 15 is 0 Å². The average Bonchev–Trinajstić information content (AvgIpc) is 2.96.